The lowest BCUT2D eigenvalue weighted by Gasteiger charge is -2.16. The van der Waals surface area contributed by atoms with Crippen molar-refractivity contribution in [3.8, 4) is 0 Å². The number of allylic oxidation sites excluding steroid dienone is 1. The summed E-state index contributed by atoms with van der Waals surface area (Å²) in [5.41, 5.74) is 0.508. The molecule has 0 amide bonds. The van der Waals surface area contributed by atoms with Crippen LogP contribution < -0.4 is 0 Å². The zero-order valence-corrected chi connectivity index (χ0v) is 14.7. The Kier molecular flexibility index (Phi) is 7.08. The molecule has 7 heteroatoms. The number of hydrogen-bond donors (Lipinski definition) is 0. The van der Waals surface area contributed by atoms with Gasteiger partial charge in [-0.2, -0.15) is 0 Å². The second-order valence-corrected chi connectivity index (χ2v) is 5.42. The number of Topliss-reactive ketones (excluding diaryl/α,β-unsaturated/α-hetero) is 1. The van der Waals surface area contributed by atoms with E-state index < -0.39 is 23.6 Å². The van der Waals surface area contributed by atoms with Crippen LogP contribution in [0.1, 0.15) is 19.5 Å². The van der Waals surface area contributed by atoms with Crippen LogP contribution in [0.3, 0.4) is 0 Å². The SMILES string of the molecule is CCOC(=O)C(C(=O)OCC)C(=O)C(=CC1C=COC1)c1ccccn1. The van der Waals surface area contributed by atoms with Crippen molar-refractivity contribution in [1.29, 1.82) is 0 Å². The lowest BCUT2D eigenvalue weighted by molar-refractivity contribution is -0.162. The lowest BCUT2D eigenvalue weighted by Crippen LogP contribution is -2.35. The molecule has 1 aromatic rings. The summed E-state index contributed by atoms with van der Waals surface area (Å²) in [6, 6.07) is 5.06. The van der Waals surface area contributed by atoms with Gasteiger partial charge in [0.1, 0.15) is 0 Å². The Balaban J connectivity index is 2.42. The second-order valence-electron chi connectivity index (χ2n) is 5.42. The molecule has 1 unspecified atom stereocenters. The van der Waals surface area contributed by atoms with Gasteiger partial charge in [-0.25, -0.2) is 0 Å². The van der Waals surface area contributed by atoms with Crippen LogP contribution in [0.15, 0.2) is 42.8 Å². The second kappa shape index (κ2) is 9.50. The quantitative estimate of drug-likeness (QED) is 0.398. The van der Waals surface area contributed by atoms with Crippen molar-refractivity contribution in [3.05, 3.63) is 48.5 Å². The molecule has 138 valence electrons. The molecule has 1 aliphatic rings. The number of hydrogen-bond acceptors (Lipinski definition) is 7. The Labute approximate surface area is 151 Å². The van der Waals surface area contributed by atoms with Gasteiger partial charge in [0.15, 0.2) is 5.78 Å². The zero-order valence-electron chi connectivity index (χ0n) is 14.7. The highest BCUT2D eigenvalue weighted by Gasteiger charge is 2.39. The molecule has 2 heterocycles. The third-order valence-corrected chi connectivity index (χ3v) is 3.60. The van der Waals surface area contributed by atoms with E-state index in [1.807, 2.05) is 0 Å². The van der Waals surface area contributed by atoms with Crippen LogP contribution in [0.25, 0.3) is 5.57 Å². The fourth-order valence-corrected chi connectivity index (χ4v) is 2.43. The molecule has 0 aliphatic carbocycles. The van der Waals surface area contributed by atoms with Gasteiger partial charge in [-0.3, -0.25) is 19.4 Å². The lowest BCUT2D eigenvalue weighted by atomic mass is 9.92. The van der Waals surface area contributed by atoms with Crippen LogP contribution in [-0.2, 0) is 28.6 Å². The number of rotatable bonds is 8. The van der Waals surface area contributed by atoms with Gasteiger partial charge in [0.25, 0.3) is 0 Å². The first kappa shape index (κ1) is 19.4. The largest absolute Gasteiger partial charge is 0.501 e. The Morgan fingerprint density at radius 1 is 1.23 bits per heavy atom. The molecule has 0 N–H and O–H groups in total. The number of nitrogens with zero attached hydrogens (tertiary/aromatic N) is 1. The maximum absolute atomic E-state index is 13.1. The summed E-state index contributed by atoms with van der Waals surface area (Å²) in [5.74, 6) is -4.43. The van der Waals surface area contributed by atoms with Crippen LogP contribution in [0.2, 0.25) is 0 Å². The highest BCUT2D eigenvalue weighted by molar-refractivity contribution is 6.32. The Morgan fingerprint density at radius 3 is 2.42 bits per heavy atom. The molecule has 26 heavy (non-hydrogen) atoms. The predicted octanol–water partition coefficient (Wildman–Crippen LogP) is 1.94. The van der Waals surface area contributed by atoms with Gasteiger partial charge < -0.3 is 14.2 Å². The van der Waals surface area contributed by atoms with Crippen LogP contribution in [0.5, 0.6) is 0 Å². The van der Waals surface area contributed by atoms with Gasteiger partial charge in [-0.05, 0) is 32.1 Å². The van der Waals surface area contributed by atoms with E-state index in [2.05, 4.69) is 4.98 Å². The van der Waals surface area contributed by atoms with Gasteiger partial charge in [0, 0.05) is 17.7 Å². The number of ketones is 1. The third kappa shape index (κ3) is 4.78. The standard InChI is InChI=1S/C19H21NO6/c1-3-25-18(22)16(19(23)26-4-2)17(21)14(11-13-8-10-24-12-13)15-7-5-6-9-20-15/h5-11,13,16H,3-4,12H2,1-2H3. The molecule has 1 aliphatic heterocycles. The topological polar surface area (TPSA) is 91.8 Å². The molecule has 0 radical (unpaired) electrons. The fraction of sp³-hybridized carbons (Fsp3) is 0.368. The number of carbonyl (C=O) groups is 3. The summed E-state index contributed by atoms with van der Waals surface area (Å²) in [5, 5.41) is 0. The Bertz CT molecular complexity index is 692. The van der Waals surface area contributed by atoms with Gasteiger partial charge in [-0.1, -0.05) is 12.1 Å². The smallest absolute Gasteiger partial charge is 0.328 e. The van der Waals surface area contributed by atoms with Crippen molar-refractivity contribution in [2.24, 2.45) is 11.8 Å². The Hall–Kier alpha value is -2.96. The average Bonchev–Trinajstić information content (AvgIpc) is 3.14. The molecule has 0 saturated carbocycles. The monoisotopic (exact) mass is 359 g/mol. The van der Waals surface area contributed by atoms with E-state index in [1.165, 1.54) is 12.5 Å². The highest BCUT2D eigenvalue weighted by atomic mass is 16.6. The molecule has 1 atom stereocenters. The summed E-state index contributed by atoms with van der Waals surface area (Å²) in [7, 11) is 0. The summed E-state index contributed by atoms with van der Waals surface area (Å²) in [6.45, 7) is 3.66. The predicted molar refractivity (Wildman–Crippen MR) is 92.6 cm³/mol. The van der Waals surface area contributed by atoms with E-state index in [0.717, 1.165) is 0 Å². The molecule has 0 fully saturated rings. The minimum atomic E-state index is -1.69. The third-order valence-electron chi connectivity index (χ3n) is 3.60. The summed E-state index contributed by atoms with van der Waals surface area (Å²) in [6.07, 6.45) is 6.48. The maximum atomic E-state index is 13.1. The fourth-order valence-electron chi connectivity index (χ4n) is 2.43. The molecule has 2 rings (SSSR count). The van der Waals surface area contributed by atoms with E-state index in [-0.39, 0.29) is 24.7 Å². The van der Waals surface area contributed by atoms with Crippen LogP contribution >= 0.6 is 0 Å². The van der Waals surface area contributed by atoms with Crippen molar-refractivity contribution in [3.63, 3.8) is 0 Å². The number of ether oxygens (including phenoxy) is 3. The van der Waals surface area contributed by atoms with Crippen LogP contribution in [0, 0.1) is 11.8 Å². The minimum Gasteiger partial charge on any atom is -0.501 e. The summed E-state index contributed by atoms with van der Waals surface area (Å²) < 4.78 is 15.0. The zero-order chi connectivity index (χ0) is 18.9. The van der Waals surface area contributed by atoms with E-state index in [1.54, 1.807) is 44.2 Å². The average molecular weight is 359 g/mol. The molecule has 7 nitrogen and oxygen atoms in total. The molecular formula is C19H21NO6. The molecule has 0 bridgehead atoms. The summed E-state index contributed by atoms with van der Waals surface area (Å²) in [4.78, 5) is 41.8. The molecule has 0 spiro atoms. The first-order chi connectivity index (χ1) is 12.6. The normalized spacial score (nSPS) is 16.3. The number of pyridine rings is 1. The molecule has 0 aromatic carbocycles. The van der Waals surface area contributed by atoms with Crippen molar-refractivity contribution in [1.82, 2.24) is 4.98 Å². The van der Waals surface area contributed by atoms with Gasteiger partial charge >= 0.3 is 11.9 Å². The van der Waals surface area contributed by atoms with E-state index in [9.17, 15) is 14.4 Å². The molecule has 1 aromatic heterocycles. The number of carbonyl (C=O) groups excluding carboxylic acids is 3. The highest BCUT2D eigenvalue weighted by Crippen LogP contribution is 2.24. The maximum Gasteiger partial charge on any atom is 0.328 e. The van der Waals surface area contributed by atoms with Gasteiger partial charge in [0.2, 0.25) is 5.92 Å². The number of esters is 2. The van der Waals surface area contributed by atoms with Gasteiger partial charge in [-0.15, -0.1) is 0 Å². The minimum absolute atomic E-state index is 0.0455. The number of aromatic nitrogens is 1. The van der Waals surface area contributed by atoms with Crippen molar-refractivity contribution in [2.75, 3.05) is 19.8 Å². The first-order valence-corrected chi connectivity index (χ1v) is 8.37. The van der Waals surface area contributed by atoms with E-state index in [4.69, 9.17) is 14.2 Å². The molecule has 0 saturated heterocycles. The van der Waals surface area contributed by atoms with E-state index >= 15 is 0 Å². The van der Waals surface area contributed by atoms with Crippen LogP contribution in [0.4, 0.5) is 0 Å². The Morgan fingerprint density at radius 2 is 1.92 bits per heavy atom. The van der Waals surface area contributed by atoms with Crippen molar-refractivity contribution in [2.45, 2.75) is 13.8 Å². The van der Waals surface area contributed by atoms with Crippen molar-refractivity contribution >= 4 is 23.3 Å². The van der Waals surface area contributed by atoms with Crippen molar-refractivity contribution < 1.29 is 28.6 Å². The van der Waals surface area contributed by atoms with E-state index in [0.29, 0.717) is 12.3 Å². The van der Waals surface area contributed by atoms with Gasteiger partial charge in [0.05, 0.1) is 31.8 Å². The van der Waals surface area contributed by atoms with Crippen LogP contribution in [-0.4, -0.2) is 42.5 Å². The summed E-state index contributed by atoms with van der Waals surface area (Å²) >= 11 is 0. The molecular weight excluding hydrogens is 338 g/mol. The first-order valence-electron chi connectivity index (χ1n) is 8.37.